The summed E-state index contributed by atoms with van der Waals surface area (Å²) in [4.78, 5) is 29.7. The average molecular weight is 412 g/mol. The highest BCUT2D eigenvalue weighted by Gasteiger charge is 2.21. The van der Waals surface area contributed by atoms with Gasteiger partial charge in [0.15, 0.2) is 5.78 Å². The number of pyridine rings is 1. The molecule has 1 amide bonds. The van der Waals surface area contributed by atoms with Crippen molar-refractivity contribution in [2.24, 2.45) is 0 Å². The Morgan fingerprint density at radius 3 is 2.39 bits per heavy atom. The van der Waals surface area contributed by atoms with E-state index in [9.17, 15) is 9.59 Å². The van der Waals surface area contributed by atoms with Gasteiger partial charge in [-0.1, -0.05) is 43.7 Å². The fourth-order valence-electron chi connectivity index (χ4n) is 3.56. The van der Waals surface area contributed by atoms with E-state index in [-0.39, 0.29) is 11.7 Å². The summed E-state index contributed by atoms with van der Waals surface area (Å²) in [6, 6.07) is 18.1. The summed E-state index contributed by atoms with van der Waals surface area (Å²) in [5.74, 6) is 0.459. The molecule has 0 radical (unpaired) electrons. The highest BCUT2D eigenvalue weighted by Crippen LogP contribution is 2.29. The number of carbonyl (C=O) groups excluding carboxylic acids is 2. The van der Waals surface area contributed by atoms with E-state index in [4.69, 9.17) is 4.42 Å². The van der Waals surface area contributed by atoms with Crippen molar-refractivity contribution in [1.82, 2.24) is 10.3 Å². The molecule has 2 heterocycles. The number of fused-ring (bicyclic) bond motifs is 1. The van der Waals surface area contributed by atoms with Gasteiger partial charge < -0.3 is 9.73 Å². The molecular formula is C26H24N2O3. The first-order valence-corrected chi connectivity index (χ1v) is 10.5. The predicted octanol–water partition coefficient (Wildman–Crippen LogP) is 5.33. The zero-order chi connectivity index (χ0) is 21.6. The van der Waals surface area contributed by atoms with Gasteiger partial charge in [-0.05, 0) is 42.3 Å². The van der Waals surface area contributed by atoms with Crippen LogP contribution in [0.5, 0.6) is 0 Å². The molecule has 0 atom stereocenters. The number of aryl methyl sites for hydroxylation is 1. The van der Waals surface area contributed by atoms with Crippen molar-refractivity contribution in [3.8, 4) is 0 Å². The molecule has 2 aromatic carbocycles. The molecule has 0 saturated heterocycles. The number of para-hydroxylation sites is 1. The number of nitrogens with one attached hydrogen (secondary N) is 1. The Kier molecular flexibility index (Phi) is 6.22. The number of ketones is 1. The van der Waals surface area contributed by atoms with Gasteiger partial charge in [0.2, 0.25) is 0 Å². The maximum absolute atomic E-state index is 13.3. The molecule has 0 fully saturated rings. The van der Waals surface area contributed by atoms with E-state index in [2.05, 4.69) is 17.2 Å². The van der Waals surface area contributed by atoms with Crippen LogP contribution in [0.3, 0.4) is 0 Å². The molecule has 0 spiro atoms. The third-order valence-electron chi connectivity index (χ3n) is 5.26. The van der Waals surface area contributed by atoms with Crippen LogP contribution in [-0.2, 0) is 13.0 Å². The van der Waals surface area contributed by atoms with E-state index < -0.39 is 0 Å². The number of carbonyl (C=O) groups is 2. The van der Waals surface area contributed by atoms with Crippen molar-refractivity contribution in [2.45, 2.75) is 32.7 Å². The number of hydrogen-bond donors (Lipinski definition) is 1. The van der Waals surface area contributed by atoms with E-state index in [0.717, 1.165) is 41.6 Å². The third kappa shape index (κ3) is 4.56. The van der Waals surface area contributed by atoms with Crippen LogP contribution >= 0.6 is 0 Å². The monoisotopic (exact) mass is 412 g/mol. The lowest BCUT2D eigenvalue weighted by Gasteiger charge is -2.07. The molecule has 0 aliphatic rings. The molecule has 4 aromatic rings. The van der Waals surface area contributed by atoms with Crippen molar-refractivity contribution < 1.29 is 14.0 Å². The Morgan fingerprint density at radius 1 is 0.935 bits per heavy atom. The Bertz CT molecular complexity index is 1190. The molecule has 0 unspecified atom stereocenters. The van der Waals surface area contributed by atoms with Crippen LogP contribution < -0.4 is 5.32 Å². The second-order valence-electron chi connectivity index (χ2n) is 7.44. The summed E-state index contributed by atoms with van der Waals surface area (Å²) in [7, 11) is 0. The number of unbranched alkanes of at least 4 members (excludes halogenated alkanes) is 1. The zero-order valence-corrected chi connectivity index (χ0v) is 17.4. The molecule has 156 valence electrons. The lowest BCUT2D eigenvalue weighted by Crippen LogP contribution is -2.22. The van der Waals surface area contributed by atoms with Crippen molar-refractivity contribution in [3.05, 3.63) is 101 Å². The van der Waals surface area contributed by atoms with E-state index in [1.807, 2.05) is 36.4 Å². The lowest BCUT2D eigenvalue weighted by molar-refractivity contribution is 0.0949. The summed E-state index contributed by atoms with van der Waals surface area (Å²) < 4.78 is 5.99. The van der Waals surface area contributed by atoms with Crippen LogP contribution in [-0.4, -0.2) is 16.7 Å². The molecule has 0 aliphatic carbocycles. The van der Waals surface area contributed by atoms with Gasteiger partial charge in [-0.25, -0.2) is 0 Å². The van der Waals surface area contributed by atoms with Gasteiger partial charge in [0, 0.05) is 41.9 Å². The quantitative estimate of drug-likeness (QED) is 0.397. The van der Waals surface area contributed by atoms with Gasteiger partial charge in [-0.2, -0.15) is 0 Å². The second-order valence-corrected chi connectivity index (χ2v) is 7.44. The van der Waals surface area contributed by atoms with Gasteiger partial charge in [0.05, 0.1) is 5.56 Å². The first-order chi connectivity index (χ1) is 15.2. The van der Waals surface area contributed by atoms with Crippen LogP contribution in [0.25, 0.3) is 11.0 Å². The second kappa shape index (κ2) is 9.39. The highest BCUT2D eigenvalue weighted by atomic mass is 16.3. The summed E-state index contributed by atoms with van der Waals surface area (Å²) in [5.41, 5.74) is 3.37. The number of hydrogen-bond acceptors (Lipinski definition) is 4. The van der Waals surface area contributed by atoms with Crippen LogP contribution in [0.15, 0.2) is 77.5 Å². The van der Waals surface area contributed by atoms with Gasteiger partial charge in [0.1, 0.15) is 11.3 Å². The van der Waals surface area contributed by atoms with E-state index in [1.54, 1.807) is 36.7 Å². The van der Waals surface area contributed by atoms with Gasteiger partial charge in [0.25, 0.3) is 5.91 Å². The number of benzene rings is 2. The summed E-state index contributed by atoms with van der Waals surface area (Å²) >= 11 is 0. The van der Waals surface area contributed by atoms with Crippen LogP contribution in [0.1, 0.15) is 57.4 Å². The lowest BCUT2D eigenvalue weighted by atomic mass is 9.97. The fourth-order valence-corrected chi connectivity index (χ4v) is 3.56. The summed E-state index contributed by atoms with van der Waals surface area (Å²) in [6.45, 7) is 2.53. The molecule has 0 saturated carbocycles. The largest absolute Gasteiger partial charge is 0.460 e. The van der Waals surface area contributed by atoms with Crippen molar-refractivity contribution in [1.29, 1.82) is 0 Å². The molecule has 5 heteroatoms. The fraction of sp³-hybridized carbons (Fsp3) is 0.192. The van der Waals surface area contributed by atoms with Gasteiger partial charge >= 0.3 is 0 Å². The topological polar surface area (TPSA) is 72.2 Å². The van der Waals surface area contributed by atoms with E-state index in [1.165, 1.54) is 0 Å². The smallest absolute Gasteiger partial charge is 0.251 e. The molecule has 4 rings (SSSR count). The van der Waals surface area contributed by atoms with Crippen LogP contribution in [0, 0.1) is 0 Å². The number of amides is 1. The maximum Gasteiger partial charge on any atom is 0.251 e. The van der Waals surface area contributed by atoms with Gasteiger partial charge in [-0.3, -0.25) is 14.6 Å². The third-order valence-corrected chi connectivity index (χ3v) is 5.26. The first-order valence-electron chi connectivity index (χ1n) is 10.5. The molecule has 0 bridgehead atoms. The minimum absolute atomic E-state index is 0.0835. The van der Waals surface area contributed by atoms with E-state index >= 15 is 0 Å². The molecule has 0 aliphatic heterocycles. The van der Waals surface area contributed by atoms with Crippen LogP contribution in [0.2, 0.25) is 0 Å². The molecule has 31 heavy (non-hydrogen) atoms. The zero-order valence-electron chi connectivity index (χ0n) is 17.4. The Labute approximate surface area is 181 Å². The number of furan rings is 1. The predicted molar refractivity (Wildman–Crippen MR) is 120 cm³/mol. The standard InChI is InChI=1S/C26H24N2O3/c1-2-3-7-23-24(21-6-4-5-8-22(21)31-23)25(29)19-9-11-20(12-10-19)26(30)28-17-18-13-15-27-16-14-18/h4-6,8-16H,2-3,7,17H2,1H3,(H,28,30). The number of nitrogens with zero attached hydrogens (tertiary/aromatic N) is 1. The molecule has 2 aromatic heterocycles. The normalized spacial score (nSPS) is 10.9. The van der Waals surface area contributed by atoms with Crippen molar-refractivity contribution >= 4 is 22.7 Å². The maximum atomic E-state index is 13.3. The highest BCUT2D eigenvalue weighted by molar-refractivity contribution is 6.17. The number of rotatable bonds is 8. The summed E-state index contributed by atoms with van der Waals surface area (Å²) in [5, 5.41) is 3.71. The average Bonchev–Trinajstić information content (AvgIpc) is 3.19. The van der Waals surface area contributed by atoms with Crippen molar-refractivity contribution in [2.75, 3.05) is 0 Å². The Hall–Kier alpha value is -3.73. The SMILES string of the molecule is CCCCc1oc2ccccc2c1C(=O)c1ccc(C(=O)NCc2ccncc2)cc1. The van der Waals surface area contributed by atoms with E-state index in [0.29, 0.717) is 23.2 Å². The van der Waals surface area contributed by atoms with Crippen molar-refractivity contribution in [3.63, 3.8) is 0 Å². The minimum atomic E-state index is -0.187. The molecular weight excluding hydrogens is 388 g/mol. The first kappa shape index (κ1) is 20.5. The van der Waals surface area contributed by atoms with Crippen LogP contribution in [0.4, 0.5) is 0 Å². The molecule has 1 N–H and O–H groups in total. The minimum Gasteiger partial charge on any atom is -0.460 e. The summed E-state index contributed by atoms with van der Waals surface area (Å²) in [6.07, 6.45) is 6.08. The number of aromatic nitrogens is 1. The van der Waals surface area contributed by atoms with Gasteiger partial charge in [-0.15, -0.1) is 0 Å². The molecule has 5 nitrogen and oxygen atoms in total. The Balaban J connectivity index is 1.54. The Morgan fingerprint density at radius 2 is 1.65 bits per heavy atom.